The summed E-state index contributed by atoms with van der Waals surface area (Å²) in [5, 5.41) is 13.4. The molecule has 2 aromatic rings. The van der Waals surface area contributed by atoms with E-state index in [2.05, 4.69) is 10.3 Å². The lowest BCUT2D eigenvalue weighted by Gasteiger charge is -2.28. The second kappa shape index (κ2) is 10.5. The molecule has 1 atom stereocenters. The first kappa shape index (κ1) is 23.0. The van der Waals surface area contributed by atoms with Gasteiger partial charge in [0.15, 0.2) is 11.5 Å². The van der Waals surface area contributed by atoms with Gasteiger partial charge in [0.2, 0.25) is 5.88 Å². The Morgan fingerprint density at radius 2 is 1.83 bits per heavy atom. The van der Waals surface area contributed by atoms with E-state index in [1.54, 1.807) is 52.3 Å². The molecule has 9 heteroatoms. The molecule has 160 valence electrons. The monoisotopic (exact) mass is 424 g/mol. The van der Waals surface area contributed by atoms with Crippen LogP contribution in [0.3, 0.4) is 0 Å². The van der Waals surface area contributed by atoms with Crippen LogP contribution in [-0.2, 0) is 13.6 Å². The number of methoxy groups -OCH3 is 2. The van der Waals surface area contributed by atoms with E-state index in [0.717, 1.165) is 5.69 Å². The van der Waals surface area contributed by atoms with E-state index in [0.29, 0.717) is 22.8 Å². The van der Waals surface area contributed by atoms with Crippen molar-refractivity contribution in [1.82, 2.24) is 4.98 Å². The van der Waals surface area contributed by atoms with Crippen molar-refractivity contribution in [3.05, 3.63) is 41.6 Å². The molecule has 0 aliphatic carbocycles. The van der Waals surface area contributed by atoms with Crippen LogP contribution in [-0.4, -0.2) is 44.1 Å². The number of aromatic nitrogens is 1. The van der Waals surface area contributed by atoms with E-state index in [-0.39, 0.29) is 25.5 Å². The molecule has 0 aliphatic heterocycles. The van der Waals surface area contributed by atoms with Gasteiger partial charge in [-0.05, 0) is 44.0 Å². The number of anilines is 1. The molecule has 1 aromatic carbocycles. The summed E-state index contributed by atoms with van der Waals surface area (Å²) in [6.45, 7) is 6.04. The molecule has 0 saturated heterocycles. The van der Waals surface area contributed by atoms with E-state index in [1.165, 1.54) is 7.11 Å². The molecular formula is C20H29N2O6P. The highest BCUT2D eigenvalue weighted by molar-refractivity contribution is 7.54. The summed E-state index contributed by atoms with van der Waals surface area (Å²) in [5.74, 6) is 0.848. The van der Waals surface area contributed by atoms with E-state index in [4.69, 9.17) is 18.5 Å². The lowest BCUT2D eigenvalue weighted by Crippen LogP contribution is -2.17. The zero-order valence-electron chi connectivity index (χ0n) is 17.5. The normalized spacial score (nSPS) is 12.4. The number of aromatic hydroxyl groups is 1. The number of hydrogen-bond donors (Lipinski definition) is 2. The first-order valence-corrected chi connectivity index (χ1v) is 11.0. The van der Waals surface area contributed by atoms with Crippen molar-refractivity contribution in [3.63, 3.8) is 0 Å². The summed E-state index contributed by atoms with van der Waals surface area (Å²) >= 11 is 0. The van der Waals surface area contributed by atoms with E-state index < -0.39 is 13.3 Å². The van der Waals surface area contributed by atoms with Gasteiger partial charge in [-0.3, -0.25) is 4.57 Å². The van der Waals surface area contributed by atoms with Crippen molar-refractivity contribution in [1.29, 1.82) is 0 Å². The third-order valence-electron chi connectivity index (χ3n) is 4.34. The minimum Gasteiger partial charge on any atom is -0.504 e. The van der Waals surface area contributed by atoms with Crippen LogP contribution in [0, 0.1) is 6.92 Å². The Bertz CT molecular complexity index is 834. The molecule has 29 heavy (non-hydrogen) atoms. The van der Waals surface area contributed by atoms with Gasteiger partial charge in [-0.25, -0.2) is 4.98 Å². The molecule has 1 unspecified atom stereocenters. The Balaban J connectivity index is 2.42. The molecule has 2 rings (SSSR count). The van der Waals surface area contributed by atoms with Crippen LogP contribution in [0.15, 0.2) is 30.5 Å². The quantitative estimate of drug-likeness (QED) is 0.508. The highest BCUT2D eigenvalue weighted by Gasteiger charge is 2.37. The van der Waals surface area contributed by atoms with Crippen molar-refractivity contribution < 1.29 is 28.2 Å². The largest absolute Gasteiger partial charge is 0.504 e. The fourth-order valence-corrected chi connectivity index (χ4v) is 4.91. The van der Waals surface area contributed by atoms with E-state index in [1.807, 2.05) is 6.07 Å². The lowest BCUT2D eigenvalue weighted by molar-refractivity contribution is 0.213. The van der Waals surface area contributed by atoms with Crippen molar-refractivity contribution in [2.45, 2.75) is 26.4 Å². The molecule has 0 amide bonds. The number of benzene rings is 1. The predicted octanol–water partition coefficient (Wildman–Crippen LogP) is 4.53. The topological polar surface area (TPSA) is 99.1 Å². The van der Waals surface area contributed by atoms with Crippen molar-refractivity contribution in [2.24, 2.45) is 0 Å². The third-order valence-corrected chi connectivity index (χ3v) is 6.82. The Morgan fingerprint density at radius 3 is 2.34 bits per heavy atom. The summed E-state index contributed by atoms with van der Waals surface area (Å²) in [6, 6.07) is 6.97. The maximum atomic E-state index is 13.6. The standard InChI is InChI=1S/C20H29N2O6P/c1-6-27-29(24,28-7-2)18(13-21-16-8-9-19(26-5)22-12-16)15-10-14(3)20(23)17(11-15)25-4/h8-12,18,21,23H,6-7,13H2,1-5H3. The molecule has 0 aliphatic rings. The van der Waals surface area contributed by atoms with Crippen LogP contribution in [0.2, 0.25) is 0 Å². The highest BCUT2D eigenvalue weighted by atomic mass is 31.2. The predicted molar refractivity (Wildman–Crippen MR) is 112 cm³/mol. The Kier molecular flexibility index (Phi) is 8.32. The van der Waals surface area contributed by atoms with Crippen LogP contribution in [0.25, 0.3) is 0 Å². The fourth-order valence-electron chi connectivity index (χ4n) is 2.93. The SMILES string of the molecule is CCOP(=O)(OCC)C(CNc1ccc(OC)nc1)c1cc(C)c(O)c(OC)c1. The van der Waals surface area contributed by atoms with Gasteiger partial charge >= 0.3 is 7.60 Å². The lowest BCUT2D eigenvalue weighted by atomic mass is 10.1. The number of phenols is 1. The number of rotatable bonds is 11. The summed E-state index contributed by atoms with van der Waals surface area (Å²) in [7, 11) is -0.494. The van der Waals surface area contributed by atoms with Crippen LogP contribution < -0.4 is 14.8 Å². The average Bonchev–Trinajstić information content (AvgIpc) is 2.71. The maximum Gasteiger partial charge on any atom is 0.339 e. The van der Waals surface area contributed by atoms with Crippen LogP contribution >= 0.6 is 7.60 Å². The second-order valence-electron chi connectivity index (χ2n) is 6.25. The molecule has 8 nitrogen and oxygen atoms in total. The molecule has 0 radical (unpaired) electrons. The van der Waals surface area contributed by atoms with Gasteiger partial charge < -0.3 is 28.9 Å². The molecule has 0 saturated carbocycles. The zero-order chi connectivity index (χ0) is 21.4. The van der Waals surface area contributed by atoms with Gasteiger partial charge in [0.1, 0.15) is 5.66 Å². The summed E-state index contributed by atoms with van der Waals surface area (Å²) in [5.41, 5.74) is 1.39. The zero-order valence-corrected chi connectivity index (χ0v) is 18.4. The molecular weight excluding hydrogens is 395 g/mol. The Hall–Kier alpha value is -2.28. The van der Waals surface area contributed by atoms with Gasteiger partial charge in [-0.2, -0.15) is 0 Å². The molecule has 2 N–H and O–H groups in total. The van der Waals surface area contributed by atoms with Crippen LogP contribution in [0.4, 0.5) is 5.69 Å². The maximum absolute atomic E-state index is 13.6. The highest BCUT2D eigenvalue weighted by Crippen LogP contribution is 2.61. The molecule has 0 fully saturated rings. The van der Waals surface area contributed by atoms with E-state index >= 15 is 0 Å². The smallest absolute Gasteiger partial charge is 0.339 e. The second-order valence-corrected chi connectivity index (χ2v) is 8.47. The number of nitrogens with one attached hydrogen (secondary N) is 1. The first-order valence-electron chi connectivity index (χ1n) is 9.38. The molecule has 1 heterocycles. The number of nitrogens with zero attached hydrogens (tertiary/aromatic N) is 1. The Labute approximate surface area is 171 Å². The summed E-state index contributed by atoms with van der Waals surface area (Å²) < 4.78 is 35.2. The minimum absolute atomic E-state index is 0.0463. The Morgan fingerprint density at radius 1 is 1.14 bits per heavy atom. The third kappa shape index (κ3) is 5.63. The molecule has 0 bridgehead atoms. The summed E-state index contributed by atoms with van der Waals surface area (Å²) in [6.07, 6.45) is 1.63. The van der Waals surface area contributed by atoms with Crippen LogP contribution in [0.5, 0.6) is 17.4 Å². The number of aryl methyl sites for hydroxylation is 1. The van der Waals surface area contributed by atoms with E-state index in [9.17, 15) is 9.67 Å². The molecule has 0 spiro atoms. The van der Waals surface area contributed by atoms with Gasteiger partial charge in [0.25, 0.3) is 0 Å². The van der Waals surface area contributed by atoms with Crippen LogP contribution in [0.1, 0.15) is 30.6 Å². The fraction of sp³-hybridized carbons (Fsp3) is 0.450. The van der Waals surface area contributed by atoms with Crippen molar-refractivity contribution >= 4 is 13.3 Å². The minimum atomic E-state index is -3.51. The van der Waals surface area contributed by atoms with Crippen molar-refractivity contribution in [3.8, 4) is 17.4 Å². The number of hydrogen-bond acceptors (Lipinski definition) is 8. The number of phenolic OH excluding ortho intramolecular Hbond substituents is 1. The van der Waals surface area contributed by atoms with Gasteiger partial charge in [0, 0.05) is 12.6 Å². The van der Waals surface area contributed by atoms with Gasteiger partial charge in [-0.1, -0.05) is 6.07 Å². The van der Waals surface area contributed by atoms with Crippen molar-refractivity contribution in [2.75, 3.05) is 39.3 Å². The first-order chi connectivity index (χ1) is 13.9. The average molecular weight is 424 g/mol. The van der Waals surface area contributed by atoms with Gasteiger partial charge in [-0.15, -0.1) is 0 Å². The van der Waals surface area contributed by atoms with Gasteiger partial charge in [0.05, 0.1) is 39.3 Å². The summed E-state index contributed by atoms with van der Waals surface area (Å²) in [4.78, 5) is 4.17. The molecule has 1 aromatic heterocycles. The number of ether oxygens (including phenoxy) is 2. The number of pyridine rings is 1.